The van der Waals surface area contributed by atoms with Gasteiger partial charge >= 0.3 is 6.03 Å². The third kappa shape index (κ3) is 3.92. The number of carbonyl (C=O) groups excluding carboxylic acids is 3. The van der Waals surface area contributed by atoms with Crippen LogP contribution >= 0.6 is 12.4 Å². The summed E-state index contributed by atoms with van der Waals surface area (Å²) in [4.78, 5) is 40.5. The van der Waals surface area contributed by atoms with Gasteiger partial charge in [0.05, 0.1) is 0 Å². The fourth-order valence-corrected chi connectivity index (χ4v) is 4.09. The molecule has 2 N–H and O–H groups in total. The van der Waals surface area contributed by atoms with Crippen molar-refractivity contribution in [3.05, 3.63) is 0 Å². The van der Waals surface area contributed by atoms with E-state index in [0.29, 0.717) is 31.8 Å². The zero-order valence-electron chi connectivity index (χ0n) is 15.0. The molecule has 1 atom stereocenters. The van der Waals surface area contributed by atoms with Gasteiger partial charge in [0.25, 0.3) is 5.91 Å². The van der Waals surface area contributed by atoms with E-state index in [2.05, 4.69) is 17.6 Å². The molecule has 2 saturated heterocycles. The van der Waals surface area contributed by atoms with Gasteiger partial charge in [-0.1, -0.05) is 6.92 Å². The van der Waals surface area contributed by atoms with Gasteiger partial charge in [-0.15, -0.1) is 12.4 Å². The van der Waals surface area contributed by atoms with E-state index in [1.54, 1.807) is 4.90 Å². The van der Waals surface area contributed by atoms with Crippen molar-refractivity contribution >= 4 is 30.3 Å². The number of hydrogen-bond donors (Lipinski definition) is 2. The Morgan fingerprint density at radius 1 is 1.28 bits per heavy atom. The molecule has 0 bridgehead atoms. The first-order valence-corrected chi connectivity index (χ1v) is 9.04. The second-order valence-electron chi connectivity index (χ2n) is 7.55. The highest BCUT2D eigenvalue weighted by atomic mass is 35.5. The molecule has 142 valence electrons. The minimum absolute atomic E-state index is 0. The quantitative estimate of drug-likeness (QED) is 0.727. The maximum Gasteiger partial charge on any atom is 0.325 e. The largest absolute Gasteiger partial charge is 0.340 e. The van der Waals surface area contributed by atoms with Crippen molar-refractivity contribution in [3.8, 4) is 0 Å². The monoisotopic (exact) mass is 372 g/mol. The second kappa shape index (κ2) is 7.91. The highest BCUT2D eigenvalue weighted by molar-refractivity contribution is 6.09. The molecule has 0 aromatic carbocycles. The number of nitrogens with one attached hydrogen (secondary N) is 2. The third-order valence-corrected chi connectivity index (χ3v) is 5.85. The van der Waals surface area contributed by atoms with Crippen molar-refractivity contribution < 1.29 is 14.4 Å². The Labute approximate surface area is 155 Å². The van der Waals surface area contributed by atoms with Crippen LogP contribution < -0.4 is 10.6 Å². The molecule has 1 aliphatic carbocycles. The highest BCUT2D eigenvalue weighted by Crippen LogP contribution is 2.36. The lowest BCUT2D eigenvalue weighted by molar-refractivity contribution is -0.140. The summed E-state index contributed by atoms with van der Waals surface area (Å²) in [5.41, 5.74) is -0.765. The minimum atomic E-state index is -0.765. The van der Waals surface area contributed by atoms with Crippen LogP contribution in [0.15, 0.2) is 0 Å². The Morgan fingerprint density at radius 3 is 2.60 bits per heavy atom. The molecule has 8 heteroatoms. The molecule has 0 aromatic heterocycles. The van der Waals surface area contributed by atoms with E-state index in [0.717, 1.165) is 30.6 Å². The van der Waals surface area contributed by atoms with Crippen LogP contribution in [0.5, 0.6) is 0 Å². The zero-order chi connectivity index (χ0) is 17.3. The van der Waals surface area contributed by atoms with E-state index in [1.165, 1.54) is 0 Å². The highest BCUT2D eigenvalue weighted by Gasteiger charge is 2.52. The summed E-state index contributed by atoms with van der Waals surface area (Å²) in [6, 6.07) is -0.123. The molecule has 1 spiro atoms. The first-order valence-electron chi connectivity index (χ1n) is 9.04. The summed E-state index contributed by atoms with van der Waals surface area (Å²) in [7, 11) is 1.89. The van der Waals surface area contributed by atoms with Gasteiger partial charge in [-0.2, -0.15) is 0 Å². The lowest BCUT2D eigenvalue weighted by Gasteiger charge is -2.34. The van der Waals surface area contributed by atoms with Gasteiger partial charge in [0.1, 0.15) is 12.1 Å². The van der Waals surface area contributed by atoms with Crippen LogP contribution in [0.4, 0.5) is 4.79 Å². The predicted molar refractivity (Wildman–Crippen MR) is 96.5 cm³/mol. The smallest absolute Gasteiger partial charge is 0.325 e. The topological polar surface area (TPSA) is 81.8 Å². The van der Waals surface area contributed by atoms with Gasteiger partial charge < -0.3 is 15.5 Å². The van der Waals surface area contributed by atoms with Gasteiger partial charge in [0.2, 0.25) is 5.91 Å². The molecule has 25 heavy (non-hydrogen) atoms. The lowest BCUT2D eigenvalue weighted by Crippen LogP contribution is -2.52. The molecular formula is C17H29ClN4O3. The summed E-state index contributed by atoms with van der Waals surface area (Å²) >= 11 is 0. The number of piperidine rings is 1. The normalized spacial score (nSPS) is 32.6. The summed E-state index contributed by atoms with van der Waals surface area (Å²) in [6.45, 7) is 3.37. The Hall–Kier alpha value is -1.34. The number of imide groups is 1. The number of amides is 4. The van der Waals surface area contributed by atoms with E-state index in [9.17, 15) is 14.4 Å². The second-order valence-corrected chi connectivity index (χ2v) is 7.55. The summed E-state index contributed by atoms with van der Waals surface area (Å²) < 4.78 is 0. The van der Waals surface area contributed by atoms with E-state index in [-0.39, 0.29) is 36.8 Å². The van der Waals surface area contributed by atoms with Crippen LogP contribution in [0.25, 0.3) is 0 Å². The van der Waals surface area contributed by atoms with E-state index in [4.69, 9.17) is 0 Å². The van der Waals surface area contributed by atoms with Crippen LogP contribution in [-0.4, -0.2) is 65.9 Å². The molecule has 3 fully saturated rings. The van der Waals surface area contributed by atoms with Crippen molar-refractivity contribution in [2.45, 2.75) is 57.0 Å². The van der Waals surface area contributed by atoms with E-state index < -0.39 is 11.6 Å². The number of halogens is 1. The molecule has 2 aliphatic heterocycles. The average Bonchev–Trinajstić information content (AvgIpc) is 2.82. The Balaban J connectivity index is 0.00000225. The van der Waals surface area contributed by atoms with Crippen LogP contribution in [0.3, 0.4) is 0 Å². The number of likely N-dealkylation sites (N-methyl/N-ethyl adjacent to an activating group) is 1. The van der Waals surface area contributed by atoms with Gasteiger partial charge in [0.15, 0.2) is 0 Å². The van der Waals surface area contributed by atoms with Crippen molar-refractivity contribution in [1.29, 1.82) is 0 Å². The van der Waals surface area contributed by atoms with E-state index >= 15 is 0 Å². The predicted octanol–water partition coefficient (Wildman–Crippen LogP) is 1.12. The number of likely N-dealkylation sites (tertiary alicyclic amines) is 1. The summed E-state index contributed by atoms with van der Waals surface area (Å²) in [6.07, 6.45) is 5.21. The van der Waals surface area contributed by atoms with Crippen molar-refractivity contribution in [3.63, 3.8) is 0 Å². The molecule has 7 nitrogen and oxygen atoms in total. The Bertz CT molecular complexity index is 534. The molecule has 0 radical (unpaired) electrons. The van der Waals surface area contributed by atoms with Crippen LogP contribution in [0.2, 0.25) is 0 Å². The first kappa shape index (κ1) is 20.0. The maximum absolute atomic E-state index is 12.8. The molecule has 3 aliphatic rings. The number of rotatable bonds is 3. The summed E-state index contributed by atoms with van der Waals surface area (Å²) in [5.74, 6) is 0.234. The van der Waals surface area contributed by atoms with Crippen LogP contribution in [0.1, 0.15) is 45.4 Å². The average molecular weight is 373 g/mol. The Morgan fingerprint density at radius 2 is 1.96 bits per heavy atom. The van der Waals surface area contributed by atoms with Gasteiger partial charge in [0, 0.05) is 19.1 Å². The van der Waals surface area contributed by atoms with E-state index in [1.807, 2.05) is 7.05 Å². The molecule has 3 rings (SSSR count). The van der Waals surface area contributed by atoms with Crippen LogP contribution in [-0.2, 0) is 9.59 Å². The van der Waals surface area contributed by atoms with Crippen molar-refractivity contribution in [2.24, 2.45) is 5.92 Å². The lowest BCUT2D eigenvalue weighted by atomic mass is 9.77. The molecular weight excluding hydrogens is 344 g/mol. The van der Waals surface area contributed by atoms with Crippen molar-refractivity contribution in [1.82, 2.24) is 20.4 Å². The molecule has 1 saturated carbocycles. The molecule has 2 heterocycles. The van der Waals surface area contributed by atoms with Crippen LogP contribution in [0, 0.1) is 5.92 Å². The fraction of sp³-hybridized carbons (Fsp3) is 0.824. The van der Waals surface area contributed by atoms with Gasteiger partial charge in [-0.05, 0) is 51.5 Å². The van der Waals surface area contributed by atoms with Gasteiger partial charge in [-0.3, -0.25) is 14.5 Å². The molecule has 4 amide bonds. The summed E-state index contributed by atoms with van der Waals surface area (Å²) in [5, 5.41) is 6.07. The first-order chi connectivity index (χ1) is 11.4. The SMILES string of the molecule is CNC1CCCN(C(=O)CN2C(=O)NC3(CCC(C)CC3)C2=O)C1.Cl. The third-order valence-electron chi connectivity index (χ3n) is 5.85. The number of urea groups is 1. The molecule has 0 aromatic rings. The van der Waals surface area contributed by atoms with Gasteiger partial charge in [-0.25, -0.2) is 4.79 Å². The molecule has 1 unspecified atom stereocenters. The number of carbonyl (C=O) groups is 3. The van der Waals surface area contributed by atoms with Crippen molar-refractivity contribution in [2.75, 3.05) is 26.7 Å². The minimum Gasteiger partial charge on any atom is -0.340 e. The Kier molecular flexibility index (Phi) is 6.32. The number of nitrogens with zero attached hydrogens (tertiary/aromatic N) is 2. The maximum atomic E-state index is 12.8. The number of hydrogen-bond acceptors (Lipinski definition) is 4. The standard InChI is InChI=1S/C17H28N4O3.ClH/c1-12-5-7-17(8-6-12)15(23)21(16(24)19-17)11-14(22)20-9-3-4-13(10-20)18-2;/h12-13,18H,3-11H2,1-2H3,(H,19,24);1H. The zero-order valence-corrected chi connectivity index (χ0v) is 15.9. The fourth-order valence-electron chi connectivity index (χ4n) is 4.09.